The van der Waals surface area contributed by atoms with Gasteiger partial charge in [0, 0.05) is 48.1 Å². The van der Waals surface area contributed by atoms with E-state index < -0.39 is 0 Å². The van der Waals surface area contributed by atoms with E-state index in [1.54, 1.807) is 6.20 Å². The van der Waals surface area contributed by atoms with Gasteiger partial charge in [-0.1, -0.05) is 6.07 Å². The molecule has 1 aromatic carbocycles. The van der Waals surface area contributed by atoms with E-state index in [9.17, 15) is 4.79 Å². The molecular weight excluding hydrogens is 264 g/mol. The molecule has 0 saturated heterocycles. The Hall–Kier alpha value is -2.56. The SMILES string of the molecule is O=C(NCCCCn1ccnc1)c1cccc2[nH]ccc12. The van der Waals surface area contributed by atoms with Gasteiger partial charge in [0.25, 0.3) is 5.91 Å². The number of carbonyl (C=O) groups is 1. The predicted molar refractivity (Wildman–Crippen MR) is 82.1 cm³/mol. The van der Waals surface area contributed by atoms with Crippen molar-refractivity contribution < 1.29 is 4.79 Å². The number of unbranched alkanes of at least 4 members (excludes halogenated alkanes) is 1. The van der Waals surface area contributed by atoms with Crippen LogP contribution in [0.3, 0.4) is 0 Å². The lowest BCUT2D eigenvalue weighted by atomic mass is 10.1. The van der Waals surface area contributed by atoms with Crippen molar-refractivity contribution >= 4 is 16.8 Å². The maximum atomic E-state index is 12.2. The number of imidazole rings is 1. The Labute approximate surface area is 123 Å². The molecule has 3 aromatic rings. The Kier molecular flexibility index (Phi) is 4.00. The second kappa shape index (κ2) is 6.26. The molecule has 0 aliphatic carbocycles. The molecule has 1 amide bonds. The van der Waals surface area contributed by atoms with E-state index in [0.29, 0.717) is 6.54 Å². The Bertz CT molecular complexity index is 715. The third-order valence-electron chi connectivity index (χ3n) is 3.53. The summed E-state index contributed by atoms with van der Waals surface area (Å²) in [5.41, 5.74) is 1.71. The monoisotopic (exact) mass is 282 g/mol. The summed E-state index contributed by atoms with van der Waals surface area (Å²) in [7, 11) is 0. The number of benzene rings is 1. The van der Waals surface area contributed by atoms with Crippen molar-refractivity contribution in [3.8, 4) is 0 Å². The molecule has 5 nitrogen and oxygen atoms in total. The van der Waals surface area contributed by atoms with Crippen molar-refractivity contribution in [3.63, 3.8) is 0 Å². The van der Waals surface area contributed by atoms with Crippen LogP contribution in [-0.2, 0) is 6.54 Å². The Morgan fingerprint density at radius 3 is 3.10 bits per heavy atom. The van der Waals surface area contributed by atoms with E-state index >= 15 is 0 Å². The molecule has 0 bridgehead atoms. The van der Waals surface area contributed by atoms with Gasteiger partial charge in [0.2, 0.25) is 0 Å². The molecule has 0 saturated carbocycles. The molecule has 0 aliphatic heterocycles. The number of aromatic amines is 1. The van der Waals surface area contributed by atoms with Crippen LogP contribution in [0.5, 0.6) is 0 Å². The number of carbonyl (C=O) groups excluding carboxylic acids is 1. The minimum atomic E-state index is -0.0113. The summed E-state index contributed by atoms with van der Waals surface area (Å²) in [5, 5.41) is 3.95. The number of fused-ring (bicyclic) bond motifs is 1. The second-order valence-electron chi connectivity index (χ2n) is 5.01. The topological polar surface area (TPSA) is 62.7 Å². The fourth-order valence-corrected chi connectivity index (χ4v) is 2.42. The minimum Gasteiger partial charge on any atom is -0.361 e. The van der Waals surface area contributed by atoms with Gasteiger partial charge >= 0.3 is 0 Å². The van der Waals surface area contributed by atoms with Crippen LogP contribution in [0.15, 0.2) is 49.2 Å². The lowest BCUT2D eigenvalue weighted by molar-refractivity contribution is 0.0954. The van der Waals surface area contributed by atoms with E-state index in [1.807, 2.05) is 47.6 Å². The number of amides is 1. The second-order valence-corrected chi connectivity index (χ2v) is 5.01. The van der Waals surface area contributed by atoms with Gasteiger partial charge in [0.15, 0.2) is 0 Å². The van der Waals surface area contributed by atoms with Crippen LogP contribution in [0.2, 0.25) is 0 Å². The van der Waals surface area contributed by atoms with Crippen molar-refractivity contribution in [1.29, 1.82) is 0 Å². The van der Waals surface area contributed by atoms with Gasteiger partial charge in [-0.25, -0.2) is 4.98 Å². The molecule has 0 aliphatic rings. The normalized spacial score (nSPS) is 10.9. The highest BCUT2D eigenvalue weighted by Gasteiger charge is 2.09. The molecular formula is C16H18N4O. The Morgan fingerprint density at radius 1 is 1.29 bits per heavy atom. The molecule has 0 atom stereocenters. The zero-order chi connectivity index (χ0) is 14.5. The molecule has 21 heavy (non-hydrogen) atoms. The summed E-state index contributed by atoms with van der Waals surface area (Å²) in [6.45, 7) is 1.62. The molecule has 2 N–H and O–H groups in total. The van der Waals surface area contributed by atoms with Gasteiger partial charge in [-0.15, -0.1) is 0 Å². The third kappa shape index (κ3) is 3.13. The molecule has 2 aromatic heterocycles. The summed E-state index contributed by atoms with van der Waals surface area (Å²) in [5.74, 6) is -0.0113. The summed E-state index contributed by atoms with van der Waals surface area (Å²) >= 11 is 0. The largest absolute Gasteiger partial charge is 0.361 e. The molecule has 0 fully saturated rings. The summed E-state index contributed by atoms with van der Waals surface area (Å²) in [6.07, 6.45) is 9.36. The molecule has 3 rings (SSSR count). The smallest absolute Gasteiger partial charge is 0.251 e. The first-order chi connectivity index (χ1) is 10.3. The van der Waals surface area contributed by atoms with Crippen LogP contribution < -0.4 is 5.32 Å². The molecule has 5 heteroatoms. The van der Waals surface area contributed by atoms with Gasteiger partial charge in [0.1, 0.15) is 0 Å². The highest BCUT2D eigenvalue weighted by atomic mass is 16.1. The van der Waals surface area contributed by atoms with Gasteiger partial charge in [-0.3, -0.25) is 4.79 Å². The highest BCUT2D eigenvalue weighted by molar-refractivity contribution is 6.06. The molecule has 0 unspecified atom stereocenters. The molecule has 0 spiro atoms. The van der Waals surface area contributed by atoms with Crippen molar-refractivity contribution in [2.75, 3.05) is 6.54 Å². The van der Waals surface area contributed by atoms with Crippen LogP contribution >= 0.6 is 0 Å². The number of aryl methyl sites for hydroxylation is 1. The fourth-order valence-electron chi connectivity index (χ4n) is 2.42. The summed E-state index contributed by atoms with van der Waals surface area (Å²) in [6, 6.07) is 7.66. The zero-order valence-corrected chi connectivity index (χ0v) is 11.7. The predicted octanol–water partition coefficient (Wildman–Crippen LogP) is 2.57. The van der Waals surface area contributed by atoms with Crippen molar-refractivity contribution in [2.45, 2.75) is 19.4 Å². The summed E-state index contributed by atoms with van der Waals surface area (Å²) in [4.78, 5) is 19.3. The fraction of sp³-hybridized carbons (Fsp3) is 0.250. The number of aromatic nitrogens is 3. The first-order valence-electron chi connectivity index (χ1n) is 7.14. The average molecular weight is 282 g/mol. The van der Waals surface area contributed by atoms with Crippen molar-refractivity contribution in [3.05, 3.63) is 54.7 Å². The van der Waals surface area contributed by atoms with Gasteiger partial charge in [0.05, 0.1) is 6.33 Å². The van der Waals surface area contributed by atoms with E-state index in [-0.39, 0.29) is 5.91 Å². The maximum absolute atomic E-state index is 12.2. The quantitative estimate of drug-likeness (QED) is 0.683. The molecule has 0 radical (unpaired) electrons. The van der Waals surface area contributed by atoms with Crippen molar-refractivity contribution in [1.82, 2.24) is 19.9 Å². The van der Waals surface area contributed by atoms with E-state index in [4.69, 9.17) is 0 Å². The molecule has 2 heterocycles. The van der Waals surface area contributed by atoms with E-state index in [1.165, 1.54) is 0 Å². The maximum Gasteiger partial charge on any atom is 0.251 e. The van der Waals surface area contributed by atoms with Gasteiger partial charge in [-0.2, -0.15) is 0 Å². The first-order valence-corrected chi connectivity index (χ1v) is 7.14. The number of rotatable bonds is 6. The number of hydrogen-bond acceptors (Lipinski definition) is 2. The lowest BCUT2D eigenvalue weighted by Gasteiger charge is -2.06. The number of nitrogens with one attached hydrogen (secondary N) is 2. The van der Waals surface area contributed by atoms with Gasteiger partial charge < -0.3 is 14.9 Å². The van der Waals surface area contributed by atoms with Gasteiger partial charge in [-0.05, 0) is 31.0 Å². The van der Waals surface area contributed by atoms with Crippen LogP contribution in [0.4, 0.5) is 0 Å². The Balaban J connectivity index is 1.49. The Morgan fingerprint density at radius 2 is 2.24 bits per heavy atom. The first kappa shape index (κ1) is 13.4. The number of nitrogens with zero attached hydrogens (tertiary/aromatic N) is 2. The van der Waals surface area contributed by atoms with Crippen LogP contribution in [0.1, 0.15) is 23.2 Å². The van der Waals surface area contributed by atoms with E-state index in [2.05, 4.69) is 15.3 Å². The van der Waals surface area contributed by atoms with Crippen LogP contribution in [0.25, 0.3) is 10.9 Å². The van der Waals surface area contributed by atoms with Crippen molar-refractivity contribution in [2.24, 2.45) is 0 Å². The lowest BCUT2D eigenvalue weighted by Crippen LogP contribution is -2.24. The van der Waals surface area contributed by atoms with Crippen LogP contribution in [-0.4, -0.2) is 27.0 Å². The zero-order valence-electron chi connectivity index (χ0n) is 11.7. The summed E-state index contributed by atoms with van der Waals surface area (Å²) < 4.78 is 2.04. The standard InChI is InChI=1S/C16H18N4O/c21-16(14-4-3-5-15-13(14)6-8-18-15)19-7-1-2-10-20-11-9-17-12-20/h3-6,8-9,11-12,18H,1-2,7,10H2,(H,19,21). The third-order valence-corrected chi connectivity index (χ3v) is 3.53. The average Bonchev–Trinajstić information content (AvgIpc) is 3.17. The van der Waals surface area contributed by atoms with Crippen LogP contribution in [0, 0.1) is 0 Å². The highest BCUT2D eigenvalue weighted by Crippen LogP contribution is 2.17. The van der Waals surface area contributed by atoms with E-state index in [0.717, 1.165) is 35.9 Å². The molecule has 108 valence electrons. The number of hydrogen-bond donors (Lipinski definition) is 2. The number of H-pyrrole nitrogens is 1. The minimum absolute atomic E-state index is 0.0113.